The largest absolute Gasteiger partial charge is 0.385 e. The minimum Gasteiger partial charge on any atom is -0.385 e. The van der Waals surface area contributed by atoms with Gasteiger partial charge in [-0.15, -0.1) is 0 Å². The van der Waals surface area contributed by atoms with E-state index >= 15 is 4.39 Å². The molecule has 220 valence electrons. The Morgan fingerprint density at radius 3 is 2.26 bits per heavy atom. The SMILES string of the molecule is CCCC1CCC(c2ccc(-c3ccc(Sc4cccc5c4C(=O)c4cccc(NCC)c4C5=O)cc3)c(F)c2)[C@H](C)C1. The molecule has 1 fully saturated rings. The number of anilines is 1. The summed E-state index contributed by atoms with van der Waals surface area (Å²) in [5.41, 5.74) is 4.97. The van der Waals surface area contributed by atoms with Gasteiger partial charge in [0.05, 0.1) is 5.56 Å². The first-order chi connectivity index (χ1) is 20.9. The molecular formula is C38H38FNO2S. The monoisotopic (exact) mass is 591 g/mol. The van der Waals surface area contributed by atoms with E-state index in [1.165, 1.54) is 37.4 Å². The van der Waals surface area contributed by atoms with Gasteiger partial charge in [0, 0.05) is 44.3 Å². The van der Waals surface area contributed by atoms with Crippen LogP contribution in [0.1, 0.15) is 96.2 Å². The summed E-state index contributed by atoms with van der Waals surface area (Å²) in [6.07, 6.45) is 6.14. The van der Waals surface area contributed by atoms with Crippen LogP contribution in [0.2, 0.25) is 0 Å². The molecule has 1 N–H and O–H groups in total. The fraction of sp³-hybridized carbons (Fsp3) is 0.316. The number of benzene rings is 4. The number of carbonyl (C=O) groups is 2. The van der Waals surface area contributed by atoms with Crippen molar-refractivity contribution in [3.63, 3.8) is 0 Å². The fourth-order valence-electron chi connectivity index (χ4n) is 7.13. The first-order valence-electron chi connectivity index (χ1n) is 15.6. The maximum Gasteiger partial charge on any atom is 0.196 e. The molecule has 6 rings (SSSR count). The van der Waals surface area contributed by atoms with Crippen molar-refractivity contribution in [1.82, 2.24) is 0 Å². The van der Waals surface area contributed by atoms with Gasteiger partial charge in [-0.25, -0.2) is 4.39 Å². The molecule has 0 heterocycles. The Bertz CT molecular complexity index is 1680. The number of nitrogens with one attached hydrogen (secondary N) is 1. The summed E-state index contributed by atoms with van der Waals surface area (Å²) >= 11 is 1.45. The fourth-order valence-corrected chi connectivity index (χ4v) is 8.11. The predicted molar refractivity (Wildman–Crippen MR) is 174 cm³/mol. The zero-order chi connectivity index (χ0) is 30.1. The van der Waals surface area contributed by atoms with E-state index in [-0.39, 0.29) is 17.4 Å². The number of ketones is 2. The Morgan fingerprint density at radius 2 is 1.56 bits per heavy atom. The van der Waals surface area contributed by atoms with Crippen molar-refractivity contribution in [1.29, 1.82) is 0 Å². The third-order valence-corrected chi connectivity index (χ3v) is 10.3. The molecule has 0 aromatic heterocycles. The minimum atomic E-state index is -0.183. The molecule has 0 aliphatic heterocycles. The third kappa shape index (κ3) is 5.68. The molecule has 3 atom stereocenters. The van der Waals surface area contributed by atoms with E-state index < -0.39 is 0 Å². The standard InChI is InChI=1S/C38H38FNO2S/c1-4-8-24-13-19-28(23(3)21-24)26-16-20-29(32(39)22-26)25-14-17-27(18-15-25)43-34-12-7-10-31-36(34)38(42)30-9-6-11-33(40-5-2)35(30)37(31)41/h6-7,9-12,14-18,20,22-24,28,40H,4-5,8,13,19,21H2,1-3H3/t23-,24?,28?/m1/s1. The van der Waals surface area contributed by atoms with Gasteiger partial charge >= 0.3 is 0 Å². The Labute approximate surface area is 258 Å². The van der Waals surface area contributed by atoms with Gasteiger partial charge in [-0.3, -0.25) is 9.59 Å². The molecule has 0 spiro atoms. The Balaban J connectivity index is 1.21. The van der Waals surface area contributed by atoms with Crippen molar-refractivity contribution >= 4 is 29.0 Å². The van der Waals surface area contributed by atoms with Crippen LogP contribution in [0.3, 0.4) is 0 Å². The van der Waals surface area contributed by atoms with E-state index in [9.17, 15) is 9.59 Å². The van der Waals surface area contributed by atoms with Crippen molar-refractivity contribution < 1.29 is 14.0 Å². The van der Waals surface area contributed by atoms with Crippen LogP contribution in [-0.4, -0.2) is 18.1 Å². The molecule has 2 aliphatic carbocycles. The molecule has 5 heteroatoms. The van der Waals surface area contributed by atoms with E-state index in [0.717, 1.165) is 33.3 Å². The van der Waals surface area contributed by atoms with Crippen LogP contribution in [0, 0.1) is 17.7 Å². The van der Waals surface area contributed by atoms with Crippen LogP contribution in [0.5, 0.6) is 0 Å². The molecule has 0 amide bonds. The van der Waals surface area contributed by atoms with E-state index in [1.54, 1.807) is 18.2 Å². The highest BCUT2D eigenvalue weighted by molar-refractivity contribution is 7.99. The Morgan fingerprint density at radius 1 is 0.837 bits per heavy atom. The van der Waals surface area contributed by atoms with E-state index in [2.05, 4.69) is 25.2 Å². The summed E-state index contributed by atoms with van der Waals surface area (Å²) in [5, 5.41) is 3.22. The second kappa shape index (κ2) is 12.5. The zero-order valence-corrected chi connectivity index (χ0v) is 25.9. The molecule has 4 aromatic rings. The highest BCUT2D eigenvalue weighted by Gasteiger charge is 2.33. The summed E-state index contributed by atoms with van der Waals surface area (Å²) in [6, 6.07) is 24.4. The summed E-state index contributed by atoms with van der Waals surface area (Å²) in [5.74, 6) is 1.34. The summed E-state index contributed by atoms with van der Waals surface area (Å²) < 4.78 is 15.4. The van der Waals surface area contributed by atoms with Gasteiger partial charge in [-0.2, -0.15) is 0 Å². The zero-order valence-electron chi connectivity index (χ0n) is 25.1. The molecule has 0 saturated heterocycles. The topological polar surface area (TPSA) is 46.2 Å². The normalized spacial score (nSPS) is 19.6. The molecule has 4 aromatic carbocycles. The van der Waals surface area contributed by atoms with Crippen LogP contribution < -0.4 is 5.32 Å². The number of hydrogen-bond donors (Lipinski definition) is 1. The molecule has 3 nitrogen and oxygen atoms in total. The van der Waals surface area contributed by atoms with Gasteiger partial charge in [0.1, 0.15) is 5.82 Å². The van der Waals surface area contributed by atoms with E-state index in [4.69, 9.17) is 0 Å². The lowest BCUT2D eigenvalue weighted by atomic mass is 9.71. The van der Waals surface area contributed by atoms with Gasteiger partial charge in [-0.05, 0) is 85.4 Å². The third-order valence-electron chi connectivity index (χ3n) is 9.19. The minimum absolute atomic E-state index is 0.138. The van der Waals surface area contributed by atoms with Gasteiger partial charge < -0.3 is 5.32 Å². The van der Waals surface area contributed by atoms with E-state index in [0.29, 0.717) is 51.9 Å². The summed E-state index contributed by atoms with van der Waals surface area (Å²) in [7, 11) is 0. The van der Waals surface area contributed by atoms with Crippen LogP contribution in [0.15, 0.2) is 88.7 Å². The lowest BCUT2D eigenvalue weighted by molar-refractivity contribution is 0.0977. The maximum absolute atomic E-state index is 15.4. The molecule has 43 heavy (non-hydrogen) atoms. The Kier molecular flexibility index (Phi) is 8.54. The van der Waals surface area contributed by atoms with E-state index in [1.807, 2.05) is 61.5 Å². The van der Waals surface area contributed by atoms with Crippen LogP contribution in [0.25, 0.3) is 11.1 Å². The highest BCUT2D eigenvalue weighted by Crippen LogP contribution is 2.43. The van der Waals surface area contributed by atoms with Crippen LogP contribution >= 0.6 is 11.8 Å². The highest BCUT2D eigenvalue weighted by atomic mass is 32.2. The number of rotatable bonds is 8. The van der Waals surface area contributed by atoms with Gasteiger partial charge in [-0.1, -0.05) is 87.0 Å². The lowest BCUT2D eigenvalue weighted by Crippen LogP contribution is -2.23. The van der Waals surface area contributed by atoms with Gasteiger partial charge in [0.25, 0.3) is 0 Å². The average Bonchev–Trinajstić information content (AvgIpc) is 3.01. The number of carbonyl (C=O) groups excluding carboxylic acids is 2. The molecule has 0 radical (unpaired) electrons. The smallest absolute Gasteiger partial charge is 0.196 e. The van der Waals surface area contributed by atoms with Crippen LogP contribution in [0.4, 0.5) is 10.1 Å². The van der Waals surface area contributed by atoms with Crippen molar-refractivity contribution in [2.75, 3.05) is 11.9 Å². The number of hydrogen-bond acceptors (Lipinski definition) is 4. The maximum atomic E-state index is 15.4. The first-order valence-corrected chi connectivity index (χ1v) is 16.4. The summed E-state index contributed by atoms with van der Waals surface area (Å²) in [4.78, 5) is 28.9. The molecular weight excluding hydrogens is 553 g/mol. The van der Waals surface area contributed by atoms with Crippen LogP contribution in [-0.2, 0) is 0 Å². The van der Waals surface area contributed by atoms with Crippen molar-refractivity contribution in [2.45, 2.75) is 68.6 Å². The number of fused-ring (bicyclic) bond motifs is 2. The second-order valence-corrected chi connectivity index (χ2v) is 13.1. The molecule has 2 aliphatic rings. The molecule has 2 unspecified atom stereocenters. The van der Waals surface area contributed by atoms with Crippen molar-refractivity contribution in [2.24, 2.45) is 11.8 Å². The van der Waals surface area contributed by atoms with Gasteiger partial charge in [0.15, 0.2) is 11.6 Å². The van der Waals surface area contributed by atoms with Crippen molar-refractivity contribution in [3.05, 3.63) is 112 Å². The van der Waals surface area contributed by atoms with Crippen molar-refractivity contribution in [3.8, 4) is 11.1 Å². The second-order valence-electron chi connectivity index (χ2n) is 12.0. The molecule has 0 bridgehead atoms. The lowest BCUT2D eigenvalue weighted by Gasteiger charge is -2.34. The average molecular weight is 592 g/mol. The molecule has 1 saturated carbocycles. The quantitative estimate of drug-likeness (QED) is 0.195. The summed E-state index contributed by atoms with van der Waals surface area (Å²) in [6.45, 7) is 7.20. The Hall–Kier alpha value is -3.70. The number of halogens is 1. The first kappa shape index (κ1) is 29.4. The predicted octanol–water partition coefficient (Wildman–Crippen LogP) is 10.2. The van der Waals surface area contributed by atoms with Gasteiger partial charge in [0.2, 0.25) is 0 Å².